The summed E-state index contributed by atoms with van der Waals surface area (Å²) in [6, 6.07) is 6.20. The van der Waals surface area contributed by atoms with E-state index >= 15 is 0 Å². The Morgan fingerprint density at radius 1 is 1.19 bits per heavy atom. The summed E-state index contributed by atoms with van der Waals surface area (Å²) in [6.45, 7) is 2.08. The number of carbonyl (C=O) groups is 2. The van der Waals surface area contributed by atoms with Gasteiger partial charge in [-0.25, -0.2) is 4.79 Å². The molecule has 13 heteroatoms. The first-order chi connectivity index (χ1) is 17.0. The summed E-state index contributed by atoms with van der Waals surface area (Å²) in [5, 5.41) is 13.8. The molecule has 1 saturated heterocycles. The summed E-state index contributed by atoms with van der Waals surface area (Å²) in [5.74, 6) is -0.342. The molecule has 1 fully saturated rings. The molecule has 0 spiro atoms. The van der Waals surface area contributed by atoms with Crippen molar-refractivity contribution < 1.29 is 27.5 Å². The van der Waals surface area contributed by atoms with E-state index in [4.69, 9.17) is 16.3 Å². The molecule has 2 amide bonds. The lowest BCUT2D eigenvalue weighted by Crippen LogP contribution is -2.53. The van der Waals surface area contributed by atoms with Crippen molar-refractivity contribution in [2.24, 2.45) is 0 Å². The van der Waals surface area contributed by atoms with Gasteiger partial charge in [0.15, 0.2) is 5.69 Å². The number of aryl methyl sites for hydroxylation is 1. The zero-order valence-corrected chi connectivity index (χ0v) is 20.2. The molecule has 0 saturated carbocycles. The number of likely N-dealkylation sites (N-methyl/N-ethyl adjacent to an activating group) is 1. The van der Waals surface area contributed by atoms with Crippen LogP contribution in [0.3, 0.4) is 0 Å². The van der Waals surface area contributed by atoms with Gasteiger partial charge in [-0.05, 0) is 43.3 Å². The highest BCUT2D eigenvalue weighted by Gasteiger charge is 2.33. The fraction of sp³-hybridized carbons (Fsp3) is 0.478. The minimum Gasteiger partial charge on any atom is -0.445 e. The van der Waals surface area contributed by atoms with Gasteiger partial charge in [0, 0.05) is 37.7 Å². The topological polar surface area (TPSA) is 94.7 Å². The summed E-state index contributed by atoms with van der Waals surface area (Å²) in [6.07, 6.45) is -4.73. The standard InChI is InChI=1S/C23H24ClF3N6O3/c1-30-5-6-32(19(11-28)12-30)21(34)20-10-18-13-31(3-2-4-33(18)29-20)22(35)36-14-15-7-16(23(25,26)27)9-17(24)8-15/h7-10,19H,2-6,12-14H2,1H3. The van der Waals surface area contributed by atoms with Crippen LogP contribution in [0.2, 0.25) is 5.02 Å². The highest BCUT2D eigenvalue weighted by atomic mass is 35.5. The van der Waals surface area contributed by atoms with Crippen LogP contribution < -0.4 is 0 Å². The molecular weight excluding hydrogens is 501 g/mol. The normalized spacial score (nSPS) is 18.8. The Balaban J connectivity index is 1.43. The smallest absolute Gasteiger partial charge is 0.416 e. The van der Waals surface area contributed by atoms with Gasteiger partial charge in [0.25, 0.3) is 5.91 Å². The van der Waals surface area contributed by atoms with Gasteiger partial charge in [-0.3, -0.25) is 9.48 Å². The summed E-state index contributed by atoms with van der Waals surface area (Å²) in [7, 11) is 1.89. The highest BCUT2D eigenvalue weighted by molar-refractivity contribution is 6.30. The molecule has 1 aromatic heterocycles. The van der Waals surface area contributed by atoms with E-state index in [2.05, 4.69) is 11.2 Å². The Morgan fingerprint density at radius 3 is 2.69 bits per heavy atom. The van der Waals surface area contributed by atoms with Crippen molar-refractivity contribution >= 4 is 23.6 Å². The summed E-state index contributed by atoms with van der Waals surface area (Å²) >= 11 is 5.80. The molecule has 0 aliphatic carbocycles. The van der Waals surface area contributed by atoms with Crippen LogP contribution in [0, 0.1) is 11.3 Å². The lowest BCUT2D eigenvalue weighted by atomic mass is 10.1. The van der Waals surface area contributed by atoms with Gasteiger partial charge in [-0.15, -0.1) is 0 Å². The second kappa shape index (κ2) is 10.4. The first-order valence-corrected chi connectivity index (χ1v) is 11.7. The van der Waals surface area contributed by atoms with Gasteiger partial charge < -0.3 is 19.4 Å². The van der Waals surface area contributed by atoms with Gasteiger partial charge >= 0.3 is 12.3 Å². The largest absolute Gasteiger partial charge is 0.445 e. The lowest BCUT2D eigenvalue weighted by molar-refractivity contribution is -0.137. The number of alkyl halides is 3. The molecule has 2 aliphatic rings. The number of halogens is 4. The second-order valence-electron chi connectivity index (χ2n) is 8.83. The fourth-order valence-corrected chi connectivity index (χ4v) is 4.53. The zero-order valence-electron chi connectivity index (χ0n) is 19.5. The van der Waals surface area contributed by atoms with Crippen LogP contribution in [0.1, 0.15) is 33.7 Å². The molecule has 0 bridgehead atoms. The van der Waals surface area contributed by atoms with E-state index in [1.807, 2.05) is 11.9 Å². The van der Waals surface area contributed by atoms with Crippen LogP contribution in [0.15, 0.2) is 24.3 Å². The van der Waals surface area contributed by atoms with Gasteiger partial charge in [-0.2, -0.15) is 23.5 Å². The van der Waals surface area contributed by atoms with Crippen molar-refractivity contribution in [3.63, 3.8) is 0 Å². The first-order valence-electron chi connectivity index (χ1n) is 11.3. The van der Waals surface area contributed by atoms with Crippen LogP contribution in [0.5, 0.6) is 0 Å². The van der Waals surface area contributed by atoms with Crippen LogP contribution in [-0.2, 0) is 30.6 Å². The molecule has 9 nitrogen and oxygen atoms in total. The van der Waals surface area contributed by atoms with Crippen LogP contribution >= 0.6 is 11.6 Å². The molecule has 1 aromatic carbocycles. The fourth-order valence-electron chi connectivity index (χ4n) is 4.28. The lowest BCUT2D eigenvalue weighted by Gasteiger charge is -2.35. The van der Waals surface area contributed by atoms with Gasteiger partial charge in [0.2, 0.25) is 0 Å². The van der Waals surface area contributed by atoms with E-state index in [0.717, 1.165) is 12.1 Å². The van der Waals surface area contributed by atoms with Gasteiger partial charge in [0.1, 0.15) is 12.6 Å². The molecule has 1 atom stereocenters. The van der Waals surface area contributed by atoms with Crippen LogP contribution in [0.4, 0.5) is 18.0 Å². The molecule has 4 rings (SSSR count). The Morgan fingerprint density at radius 2 is 1.97 bits per heavy atom. The number of hydrogen-bond donors (Lipinski definition) is 0. The number of carbonyl (C=O) groups excluding carboxylic acids is 2. The number of fused-ring (bicyclic) bond motifs is 1. The maximum absolute atomic E-state index is 13.1. The van der Waals surface area contributed by atoms with E-state index in [1.165, 1.54) is 15.9 Å². The van der Waals surface area contributed by atoms with Crippen molar-refractivity contribution in [2.45, 2.75) is 38.3 Å². The summed E-state index contributed by atoms with van der Waals surface area (Å²) in [5.41, 5.74) is 0.0206. The van der Waals surface area contributed by atoms with E-state index in [9.17, 15) is 28.0 Å². The maximum atomic E-state index is 13.1. The minimum atomic E-state index is -4.57. The predicted molar refractivity (Wildman–Crippen MR) is 122 cm³/mol. The van der Waals surface area contributed by atoms with E-state index in [0.29, 0.717) is 44.8 Å². The molecule has 36 heavy (non-hydrogen) atoms. The molecule has 2 aliphatic heterocycles. The third kappa shape index (κ3) is 5.74. The van der Waals surface area contributed by atoms with Gasteiger partial charge in [-0.1, -0.05) is 11.6 Å². The first kappa shape index (κ1) is 25.8. The van der Waals surface area contributed by atoms with Crippen LogP contribution in [0.25, 0.3) is 0 Å². The number of ether oxygens (including phenoxy) is 1. The highest BCUT2D eigenvalue weighted by Crippen LogP contribution is 2.32. The van der Waals surface area contributed by atoms with Crippen LogP contribution in [-0.4, -0.2) is 75.7 Å². The third-order valence-corrected chi connectivity index (χ3v) is 6.35. The number of rotatable bonds is 3. The minimum absolute atomic E-state index is 0.106. The number of piperazine rings is 1. The number of aromatic nitrogens is 2. The molecule has 1 unspecified atom stereocenters. The second-order valence-corrected chi connectivity index (χ2v) is 9.26. The maximum Gasteiger partial charge on any atom is 0.416 e. The van der Waals surface area contributed by atoms with Crippen molar-refractivity contribution in [2.75, 3.05) is 33.2 Å². The number of hydrogen-bond acceptors (Lipinski definition) is 6. The number of nitrogens with zero attached hydrogens (tertiary/aromatic N) is 6. The number of amides is 2. The Bertz CT molecular complexity index is 1190. The molecule has 2 aromatic rings. The van der Waals surface area contributed by atoms with Gasteiger partial charge in [0.05, 0.1) is 23.9 Å². The monoisotopic (exact) mass is 524 g/mol. The molecule has 0 radical (unpaired) electrons. The van der Waals surface area contributed by atoms with E-state index < -0.39 is 23.9 Å². The molecule has 0 N–H and O–H groups in total. The predicted octanol–water partition coefficient (Wildman–Crippen LogP) is 3.38. The van der Waals surface area contributed by atoms with E-state index in [-0.39, 0.29) is 35.3 Å². The summed E-state index contributed by atoms with van der Waals surface area (Å²) in [4.78, 5) is 30.7. The molecule has 3 heterocycles. The number of benzene rings is 1. The SMILES string of the molecule is CN1CCN(C(=O)c2cc3n(n2)CCCN(C(=O)OCc2cc(Cl)cc(C(F)(F)F)c2)C3)C(C#N)C1. The third-order valence-electron chi connectivity index (χ3n) is 6.13. The summed E-state index contributed by atoms with van der Waals surface area (Å²) < 4.78 is 46.0. The molecular formula is C23H24ClF3N6O3. The average Bonchev–Trinajstić information content (AvgIpc) is 3.12. The average molecular weight is 525 g/mol. The van der Waals surface area contributed by atoms with Crippen molar-refractivity contribution in [3.8, 4) is 6.07 Å². The number of nitriles is 1. The molecule has 192 valence electrons. The Hall–Kier alpha value is -3.30. The van der Waals surface area contributed by atoms with Crippen molar-refractivity contribution in [1.29, 1.82) is 5.26 Å². The quantitative estimate of drug-likeness (QED) is 0.611. The Labute approximate surface area is 210 Å². The Kier molecular flexibility index (Phi) is 7.42. The van der Waals surface area contributed by atoms with Crippen molar-refractivity contribution in [3.05, 3.63) is 51.8 Å². The zero-order chi connectivity index (χ0) is 26.0. The van der Waals surface area contributed by atoms with Crippen molar-refractivity contribution in [1.82, 2.24) is 24.5 Å². The van der Waals surface area contributed by atoms with E-state index in [1.54, 1.807) is 10.7 Å².